The highest BCUT2D eigenvalue weighted by molar-refractivity contribution is 5.89. The number of benzene rings is 2. The van der Waals surface area contributed by atoms with Crippen molar-refractivity contribution >= 4 is 11.7 Å². The predicted octanol–water partition coefficient (Wildman–Crippen LogP) is 3.73. The molecule has 2 saturated heterocycles. The fraction of sp³-hybridized carbons (Fsp3) is 0.381. The van der Waals surface area contributed by atoms with Gasteiger partial charge in [-0.1, -0.05) is 42.5 Å². The Morgan fingerprint density at radius 1 is 1.04 bits per heavy atom. The van der Waals surface area contributed by atoms with Crippen LogP contribution in [0.5, 0.6) is 0 Å². The first-order valence-electron chi connectivity index (χ1n) is 9.01. The number of likely N-dealkylation sites (tertiary alicyclic amines) is 2. The lowest BCUT2D eigenvalue weighted by atomic mass is 9.79. The van der Waals surface area contributed by atoms with E-state index in [-0.39, 0.29) is 6.03 Å². The zero-order valence-corrected chi connectivity index (χ0v) is 14.7. The summed E-state index contributed by atoms with van der Waals surface area (Å²) in [4.78, 5) is 16.9. The number of carbonyl (C=O) groups excluding carboxylic acids is 1. The maximum atomic E-state index is 12.5. The van der Waals surface area contributed by atoms with Gasteiger partial charge in [-0.3, -0.25) is 4.90 Å². The van der Waals surface area contributed by atoms with E-state index < -0.39 is 0 Å². The second-order valence-corrected chi connectivity index (χ2v) is 7.54. The Labute approximate surface area is 149 Å². The van der Waals surface area contributed by atoms with Crippen molar-refractivity contribution < 1.29 is 4.79 Å². The third-order valence-corrected chi connectivity index (χ3v) is 5.52. The van der Waals surface area contributed by atoms with Crippen molar-refractivity contribution in [2.45, 2.75) is 19.9 Å². The number of rotatable bonds is 3. The molecule has 2 aliphatic heterocycles. The van der Waals surface area contributed by atoms with E-state index in [1.807, 2.05) is 35.2 Å². The van der Waals surface area contributed by atoms with Gasteiger partial charge >= 0.3 is 6.03 Å². The third kappa shape index (κ3) is 3.40. The van der Waals surface area contributed by atoms with Gasteiger partial charge in [0.25, 0.3) is 0 Å². The Kier molecular flexibility index (Phi) is 4.22. The van der Waals surface area contributed by atoms with Crippen LogP contribution in [-0.2, 0) is 6.54 Å². The number of carbonyl (C=O) groups is 1. The van der Waals surface area contributed by atoms with Gasteiger partial charge in [0.2, 0.25) is 0 Å². The number of aryl methyl sites for hydroxylation is 1. The van der Waals surface area contributed by atoms with Crippen molar-refractivity contribution in [3.8, 4) is 0 Å². The second-order valence-electron chi connectivity index (χ2n) is 7.54. The Hall–Kier alpha value is -2.33. The summed E-state index contributed by atoms with van der Waals surface area (Å²) in [5.74, 6) is 0. The minimum atomic E-state index is 0.0282. The number of anilines is 1. The maximum absolute atomic E-state index is 12.5. The molecule has 0 aliphatic carbocycles. The summed E-state index contributed by atoms with van der Waals surface area (Å²) in [7, 11) is 0. The van der Waals surface area contributed by atoms with E-state index in [1.165, 1.54) is 11.1 Å². The highest BCUT2D eigenvalue weighted by Crippen LogP contribution is 2.40. The number of para-hydroxylation sites is 1. The minimum absolute atomic E-state index is 0.0282. The average Bonchev–Trinajstić information content (AvgIpc) is 3.03. The predicted molar refractivity (Wildman–Crippen MR) is 101 cm³/mol. The quantitative estimate of drug-likeness (QED) is 0.927. The van der Waals surface area contributed by atoms with Crippen LogP contribution in [0.2, 0.25) is 0 Å². The van der Waals surface area contributed by atoms with Gasteiger partial charge in [-0.05, 0) is 36.6 Å². The molecule has 2 amide bonds. The van der Waals surface area contributed by atoms with E-state index in [9.17, 15) is 4.79 Å². The van der Waals surface area contributed by atoms with Gasteiger partial charge in [-0.25, -0.2) is 4.79 Å². The number of hydrogen-bond acceptors (Lipinski definition) is 2. The maximum Gasteiger partial charge on any atom is 0.321 e. The zero-order chi connectivity index (χ0) is 17.3. The molecule has 2 fully saturated rings. The van der Waals surface area contributed by atoms with Crippen LogP contribution >= 0.6 is 0 Å². The van der Waals surface area contributed by atoms with E-state index in [0.717, 1.165) is 44.8 Å². The van der Waals surface area contributed by atoms with Gasteiger partial charge in [0.1, 0.15) is 0 Å². The summed E-state index contributed by atoms with van der Waals surface area (Å²) in [6.07, 6.45) is 1.11. The van der Waals surface area contributed by atoms with Crippen LogP contribution in [-0.4, -0.2) is 42.0 Å². The Morgan fingerprint density at radius 3 is 2.52 bits per heavy atom. The van der Waals surface area contributed by atoms with Crippen molar-refractivity contribution in [3.05, 3.63) is 65.7 Å². The van der Waals surface area contributed by atoms with E-state index in [1.54, 1.807) is 0 Å². The van der Waals surface area contributed by atoms with Crippen molar-refractivity contribution in [2.24, 2.45) is 5.41 Å². The first kappa shape index (κ1) is 16.2. The summed E-state index contributed by atoms with van der Waals surface area (Å²) in [5.41, 5.74) is 3.94. The van der Waals surface area contributed by atoms with Gasteiger partial charge in [0.05, 0.1) is 0 Å². The molecule has 2 aromatic rings. The van der Waals surface area contributed by atoms with Crippen molar-refractivity contribution in [1.29, 1.82) is 0 Å². The SMILES string of the molecule is Cc1ccccc1CN1CC2(CCN(C(=O)Nc3ccccc3)C2)C1. The van der Waals surface area contributed by atoms with E-state index in [4.69, 9.17) is 0 Å². The molecule has 4 nitrogen and oxygen atoms in total. The van der Waals surface area contributed by atoms with E-state index in [0.29, 0.717) is 5.41 Å². The lowest BCUT2D eigenvalue weighted by molar-refractivity contribution is 0.00471. The Balaban J connectivity index is 1.30. The van der Waals surface area contributed by atoms with Crippen molar-refractivity contribution in [3.63, 3.8) is 0 Å². The molecule has 0 bridgehead atoms. The molecule has 0 atom stereocenters. The Bertz CT molecular complexity index is 753. The zero-order valence-electron chi connectivity index (χ0n) is 14.7. The Morgan fingerprint density at radius 2 is 1.76 bits per heavy atom. The first-order chi connectivity index (χ1) is 12.1. The van der Waals surface area contributed by atoms with Gasteiger partial charge in [0.15, 0.2) is 0 Å². The standard InChI is InChI=1S/C21H25N3O/c1-17-7-5-6-8-18(17)13-23-14-21(15-23)11-12-24(16-21)20(25)22-19-9-3-2-4-10-19/h2-10H,11-16H2,1H3,(H,22,25). The molecule has 0 unspecified atom stereocenters. The van der Waals surface area contributed by atoms with Gasteiger partial charge in [-0.2, -0.15) is 0 Å². The lowest BCUT2D eigenvalue weighted by Crippen LogP contribution is -2.57. The molecule has 4 heteroatoms. The van der Waals surface area contributed by atoms with Crippen LogP contribution in [0.15, 0.2) is 54.6 Å². The summed E-state index contributed by atoms with van der Waals surface area (Å²) < 4.78 is 0. The topological polar surface area (TPSA) is 35.6 Å². The van der Waals surface area contributed by atoms with Crippen LogP contribution in [0.3, 0.4) is 0 Å². The fourth-order valence-corrected chi connectivity index (χ4v) is 4.13. The largest absolute Gasteiger partial charge is 0.324 e. The third-order valence-electron chi connectivity index (χ3n) is 5.52. The van der Waals surface area contributed by atoms with Gasteiger partial charge < -0.3 is 10.2 Å². The normalized spacial score (nSPS) is 19.0. The molecule has 130 valence electrons. The minimum Gasteiger partial charge on any atom is -0.324 e. The van der Waals surface area contributed by atoms with Crippen molar-refractivity contribution in [2.75, 3.05) is 31.5 Å². The van der Waals surface area contributed by atoms with Crippen LogP contribution in [0.4, 0.5) is 10.5 Å². The number of urea groups is 1. The van der Waals surface area contributed by atoms with Gasteiger partial charge in [-0.15, -0.1) is 0 Å². The second kappa shape index (κ2) is 6.52. The number of amides is 2. The monoisotopic (exact) mass is 335 g/mol. The average molecular weight is 335 g/mol. The molecule has 0 aromatic heterocycles. The highest BCUT2D eigenvalue weighted by atomic mass is 16.2. The molecule has 2 aromatic carbocycles. The highest BCUT2D eigenvalue weighted by Gasteiger charge is 2.48. The molecular weight excluding hydrogens is 310 g/mol. The van der Waals surface area contributed by atoms with E-state index >= 15 is 0 Å². The molecule has 1 N–H and O–H groups in total. The molecule has 4 rings (SSSR count). The van der Waals surface area contributed by atoms with Crippen molar-refractivity contribution in [1.82, 2.24) is 9.80 Å². The summed E-state index contributed by atoms with van der Waals surface area (Å²) in [6.45, 7) is 7.11. The van der Waals surface area contributed by atoms with Crippen LogP contribution in [0.25, 0.3) is 0 Å². The molecule has 0 radical (unpaired) electrons. The fourth-order valence-electron chi connectivity index (χ4n) is 4.13. The van der Waals surface area contributed by atoms with Gasteiger partial charge in [0, 0.05) is 43.8 Å². The molecule has 25 heavy (non-hydrogen) atoms. The number of nitrogens with zero attached hydrogens (tertiary/aromatic N) is 2. The summed E-state index contributed by atoms with van der Waals surface area (Å²) in [6, 6.07) is 18.3. The first-order valence-corrected chi connectivity index (χ1v) is 9.01. The lowest BCUT2D eigenvalue weighted by Gasteiger charge is -2.48. The molecule has 2 aliphatic rings. The summed E-state index contributed by atoms with van der Waals surface area (Å²) in [5, 5.41) is 3.00. The van der Waals surface area contributed by atoms with Crippen LogP contribution < -0.4 is 5.32 Å². The number of nitrogens with one attached hydrogen (secondary N) is 1. The van der Waals surface area contributed by atoms with Crippen LogP contribution in [0.1, 0.15) is 17.5 Å². The van der Waals surface area contributed by atoms with E-state index in [2.05, 4.69) is 41.4 Å². The smallest absolute Gasteiger partial charge is 0.321 e. The molecule has 0 saturated carbocycles. The van der Waals surface area contributed by atoms with Crippen LogP contribution in [0, 0.1) is 12.3 Å². The molecule has 2 heterocycles. The molecular formula is C21H25N3O. The summed E-state index contributed by atoms with van der Waals surface area (Å²) >= 11 is 0. The number of hydrogen-bond donors (Lipinski definition) is 1. The molecule has 1 spiro atoms.